The van der Waals surface area contributed by atoms with E-state index in [1.807, 2.05) is 24.9 Å². The second-order valence-corrected chi connectivity index (χ2v) is 4.02. The molecule has 2 rings (SSSR count). The van der Waals surface area contributed by atoms with E-state index in [-0.39, 0.29) is 5.82 Å². The molecule has 4 nitrogen and oxygen atoms in total. The van der Waals surface area contributed by atoms with Gasteiger partial charge in [-0.15, -0.1) is 0 Å². The maximum absolute atomic E-state index is 13.7. The summed E-state index contributed by atoms with van der Waals surface area (Å²) in [7, 11) is 3.73. The van der Waals surface area contributed by atoms with Crippen LogP contribution in [-0.2, 0) is 13.6 Å². The first-order valence-electron chi connectivity index (χ1n) is 5.30. The van der Waals surface area contributed by atoms with Gasteiger partial charge in [-0.2, -0.15) is 0 Å². The van der Waals surface area contributed by atoms with E-state index in [1.54, 1.807) is 23.2 Å². The molecule has 0 radical (unpaired) electrons. The van der Waals surface area contributed by atoms with Gasteiger partial charge in [-0.05, 0) is 18.2 Å². The van der Waals surface area contributed by atoms with Gasteiger partial charge in [0.15, 0.2) is 0 Å². The molecule has 0 atom stereocenters. The van der Waals surface area contributed by atoms with Gasteiger partial charge in [-0.1, -0.05) is 0 Å². The summed E-state index contributed by atoms with van der Waals surface area (Å²) in [6.45, 7) is 0.546. The summed E-state index contributed by atoms with van der Waals surface area (Å²) in [5.74, 6) is 0.561. The lowest BCUT2D eigenvalue weighted by Crippen LogP contribution is -2.20. The number of aromatic nitrogens is 2. The number of hydrogen-bond donors (Lipinski definition) is 1. The first-order valence-corrected chi connectivity index (χ1v) is 5.30. The van der Waals surface area contributed by atoms with Gasteiger partial charge in [0.2, 0.25) is 0 Å². The Kier molecular flexibility index (Phi) is 2.99. The number of nitrogen functional groups attached to an aromatic ring is 1. The number of benzene rings is 1. The second kappa shape index (κ2) is 4.45. The number of imidazole rings is 1. The quantitative estimate of drug-likeness (QED) is 0.823. The minimum absolute atomic E-state index is 0.318. The van der Waals surface area contributed by atoms with Gasteiger partial charge in [0.1, 0.15) is 11.6 Å². The Hall–Kier alpha value is -2.04. The zero-order chi connectivity index (χ0) is 12.4. The van der Waals surface area contributed by atoms with Gasteiger partial charge in [0.25, 0.3) is 0 Å². The van der Waals surface area contributed by atoms with E-state index in [9.17, 15) is 4.39 Å². The third-order valence-electron chi connectivity index (χ3n) is 2.68. The molecule has 2 aromatic rings. The second-order valence-electron chi connectivity index (χ2n) is 4.02. The Balaban J connectivity index is 2.20. The summed E-state index contributed by atoms with van der Waals surface area (Å²) < 4.78 is 15.6. The number of anilines is 2. The Bertz CT molecular complexity index is 521. The molecule has 0 saturated carbocycles. The van der Waals surface area contributed by atoms with Crippen molar-refractivity contribution in [3.63, 3.8) is 0 Å². The molecule has 1 aromatic carbocycles. The molecule has 0 saturated heterocycles. The Morgan fingerprint density at radius 2 is 2.24 bits per heavy atom. The fourth-order valence-electron chi connectivity index (χ4n) is 1.68. The molecular formula is C12H15FN4. The number of nitrogens with zero attached hydrogens (tertiary/aromatic N) is 3. The zero-order valence-electron chi connectivity index (χ0n) is 9.89. The highest BCUT2D eigenvalue weighted by Gasteiger charge is 2.10. The van der Waals surface area contributed by atoms with Crippen molar-refractivity contribution >= 4 is 11.4 Å². The number of rotatable bonds is 3. The number of hydrogen-bond acceptors (Lipinski definition) is 3. The molecule has 0 bridgehead atoms. The first kappa shape index (κ1) is 11.4. The molecular weight excluding hydrogens is 219 g/mol. The summed E-state index contributed by atoms with van der Waals surface area (Å²) in [5, 5.41) is 0. The molecule has 0 spiro atoms. The SMILES string of the molecule is CN(Cc1nccn1C)c1ccc(N)cc1F. The Morgan fingerprint density at radius 3 is 2.82 bits per heavy atom. The van der Waals surface area contributed by atoms with E-state index >= 15 is 0 Å². The monoisotopic (exact) mass is 234 g/mol. The highest BCUT2D eigenvalue weighted by molar-refractivity contribution is 5.54. The van der Waals surface area contributed by atoms with Crippen molar-refractivity contribution in [2.75, 3.05) is 17.7 Å². The van der Waals surface area contributed by atoms with Crippen LogP contribution in [0.25, 0.3) is 0 Å². The lowest BCUT2D eigenvalue weighted by atomic mass is 10.2. The van der Waals surface area contributed by atoms with Gasteiger partial charge in [-0.3, -0.25) is 0 Å². The smallest absolute Gasteiger partial charge is 0.148 e. The van der Waals surface area contributed by atoms with Crippen LogP contribution in [0.1, 0.15) is 5.82 Å². The van der Waals surface area contributed by atoms with Crippen LogP contribution in [0.3, 0.4) is 0 Å². The zero-order valence-corrected chi connectivity index (χ0v) is 9.89. The van der Waals surface area contributed by atoms with Crippen molar-refractivity contribution in [3.8, 4) is 0 Å². The Labute approximate surface area is 99.5 Å². The summed E-state index contributed by atoms with van der Waals surface area (Å²) in [5.41, 5.74) is 6.46. The molecule has 1 aromatic heterocycles. The predicted molar refractivity (Wildman–Crippen MR) is 66.1 cm³/mol. The molecule has 0 aliphatic heterocycles. The molecule has 0 fully saturated rings. The van der Waals surface area contributed by atoms with Crippen LogP contribution in [0, 0.1) is 5.82 Å². The maximum atomic E-state index is 13.7. The number of halogens is 1. The van der Waals surface area contributed by atoms with Gasteiger partial charge in [-0.25, -0.2) is 9.37 Å². The summed E-state index contributed by atoms with van der Waals surface area (Å²) in [4.78, 5) is 6.01. The predicted octanol–water partition coefficient (Wildman–Crippen LogP) is 1.78. The van der Waals surface area contributed by atoms with Crippen molar-refractivity contribution in [1.82, 2.24) is 9.55 Å². The molecule has 17 heavy (non-hydrogen) atoms. The highest BCUT2D eigenvalue weighted by atomic mass is 19.1. The fourth-order valence-corrected chi connectivity index (χ4v) is 1.68. The summed E-state index contributed by atoms with van der Waals surface area (Å²) in [6, 6.07) is 4.69. The van der Waals surface area contributed by atoms with Gasteiger partial charge in [0.05, 0.1) is 12.2 Å². The van der Waals surface area contributed by atoms with Crippen molar-refractivity contribution in [1.29, 1.82) is 0 Å². The van der Waals surface area contributed by atoms with Crippen molar-refractivity contribution in [3.05, 3.63) is 42.2 Å². The molecule has 5 heteroatoms. The Morgan fingerprint density at radius 1 is 1.47 bits per heavy atom. The van der Waals surface area contributed by atoms with E-state index < -0.39 is 0 Å². The maximum Gasteiger partial charge on any atom is 0.148 e. The number of nitrogens with two attached hydrogens (primary N) is 1. The van der Waals surface area contributed by atoms with E-state index in [0.29, 0.717) is 17.9 Å². The molecule has 2 N–H and O–H groups in total. The van der Waals surface area contributed by atoms with Crippen LogP contribution in [0.15, 0.2) is 30.6 Å². The van der Waals surface area contributed by atoms with Crippen molar-refractivity contribution in [2.24, 2.45) is 7.05 Å². The third-order valence-corrected chi connectivity index (χ3v) is 2.68. The minimum atomic E-state index is -0.318. The topological polar surface area (TPSA) is 47.1 Å². The van der Waals surface area contributed by atoms with Crippen LogP contribution < -0.4 is 10.6 Å². The minimum Gasteiger partial charge on any atom is -0.399 e. The summed E-state index contributed by atoms with van der Waals surface area (Å²) >= 11 is 0. The van der Waals surface area contributed by atoms with E-state index in [2.05, 4.69) is 4.98 Å². The molecule has 1 heterocycles. The lowest BCUT2D eigenvalue weighted by molar-refractivity contribution is 0.620. The van der Waals surface area contributed by atoms with E-state index in [4.69, 9.17) is 5.73 Å². The average molecular weight is 234 g/mol. The van der Waals surface area contributed by atoms with Gasteiger partial charge < -0.3 is 15.2 Å². The highest BCUT2D eigenvalue weighted by Crippen LogP contribution is 2.21. The van der Waals surface area contributed by atoms with Crippen molar-refractivity contribution in [2.45, 2.75) is 6.54 Å². The normalized spacial score (nSPS) is 10.5. The fraction of sp³-hybridized carbons (Fsp3) is 0.250. The summed E-state index contributed by atoms with van der Waals surface area (Å²) in [6.07, 6.45) is 3.59. The average Bonchev–Trinajstić information content (AvgIpc) is 2.64. The first-order chi connectivity index (χ1) is 8.08. The molecule has 0 amide bonds. The van der Waals surface area contributed by atoms with E-state index in [0.717, 1.165) is 5.82 Å². The third kappa shape index (κ3) is 2.38. The van der Waals surface area contributed by atoms with Crippen LogP contribution in [-0.4, -0.2) is 16.6 Å². The number of aryl methyl sites for hydroxylation is 1. The van der Waals surface area contributed by atoms with Gasteiger partial charge >= 0.3 is 0 Å². The van der Waals surface area contributed by atoms with Crippen LogP contribution in [0.4, 0.5) is 15.8 Å². The molecule has 0 aliphatic rings. The van der Waals surface area contributed by atoms with Crippen LogP contribution in [0.5, 0.6) is 0 Å². The van der Waals surface area contributed by atoms with Crippen LogP contribution in [0.2, 0.25) is 0 Å². The molecule has 0 unspecified atom stereocenters. The molecule has 0 aliphatic carbocycles. The van der Waals surface area contributed by atoms with E-state index in [1.165, 1.54) is 6.07 Å². The standard InChI is InChI=1S/C12H15FN4/c1-16-6-5-15-12(16)8-17(2)11-4-3-9(14)7-10(11)13/h3-7H,8,14H2,1-2H3. The van der Waals surface area contributed by atoms with Crippen molar-refractivity contribution < 1.29 is 4.39 Å². The van der Waals surface area contributed by atoms with Gasteiger partial charge in [0, 0.05) is 32.2 Å². The largest absolute Gasteiger partial charge is 0.399 e. The molecule has 90 valence electrons. The van der Waals surface area contributed by atoms with Crippen LogP contribution >= 0.6 is 0 Å². The lowest BCUT2D eigenvalue weighted by Gasteiger charge is -2.19.